The summed E-state index contributed by atoms with van der Waals surface area (Å²) >= 11 is 0. The Balaban J connectivity index is 1.36. The van der Waals surface area contributed by atoms with Crippen LogP contribution >= 0.6 is 0 Å². The van der Waals surface area contributed by atoms with Gasteiger partial charge in [-0.1, -0.05) is 30.3 Å². The van der Waals surface area contributed by atoms with Gasteiger partial charge < -0.3 is 14.8 Å². The first-order valence-corrected chi connectivity index (χ1v) is 10.2. The van der Waals surface area contributed by atoms with Gasteiger partial charge >= 0.3 is 0 Å². The Morgan fingerprint density at radius 3 is 2.73 bits per heavy atom. The van der Waals surface area contributed by atoms with Crippen LogP contribution < -0.4 is 10.2 Å². The minimum absolute atomic E-state index is 0.121. The second-order valence-electron chi connectivity index (χ2n) is 7.87. The molecular formula is C24H26N4O2. The molecule has 0 spiro atoms. The molecule has 4 rings (SSSR count). The molecule has 1 aromatic heterocycles. The second-order valence-corrected chi connectivity index (χ2v) is 7.87. The van der Waals surface area contributed by atoms with E-state index in [1.165, 1.54) is 5.56 Å². The number of imidazole rings is 1. The van der Waals surface area contributed by atoms with Crippen molar-refractivity contribution in [3.05, 3.63) is 83.4 Å². The maximum atomic E-state index is 12.8. The Morgan fingerprint density at radius 2 is 1.97 bits per heavy atom. The molecule has 0 bridgehead atoms. The number of aromatic nitrogens is 2. The number of rotatable bonds is 6. The van der Waals surface area contributed by atoms with Gasteiger partial charge in [-0.25, -0.2) is 4.98 Å². The first kappa shape index (κ1) is 19.9. The van der Waals surface area contributed by atoms with Crippen molar-refractivity contribution in [2.24, 2.45) is 5.92 Å². The minimum Gasteiger partial charge on any atom is -0.351 e. The van der Waals surface area contributed by atoms with E-state index >= 15 is 0 Å². The second kappa shape index (κ2) is 8.53. The van der Waals surface area contributed by atoms with Gasteiger partial charge in [0, 0.05) is 37.7 Å². The number of hydrogen-bond donors (Lipinski definition) is 1. The van der Waals surface area contributed by atoms with Crippen molar-refractivity contribution in [2.45, 2.75) is 33.4 Å². The van der Waals surface area contributed by atoms with Gasteiger partial charge in [-0.15, -0.1) is 0 Å². The molecule has 1 fully saturated rings. The van der Waals surface area contributed by atoms with Crippen LogP contribution in [0.15, 0.2) is 61.2 Å². The summed E-state index contributed by atoms with van der Waals surface area (Å²) in [6.45, 7) is 5.79. The molecule has 6 heteroatoms. The number of hydrogen-bond acceptors (Lipinski definition) is 3. The number of carbonyl (C=O) groups excluding carboxylic acids is 2. The van der Waals surface area contributed by atoms with Crippen molar-refractivity contribution < 1.29 is 9.59 Å². The highest BCUT2D eigenvalue weighted by atomic mass is 16.2. The number of anilines is 1. The number of amides is 2. The number of aryl methyl sites for hydroxylation is 2. The fraction of sp³-hybridized carbons (Fsp3) is 0.292. The van der Waals surface area contributed by atoms with Crippen molar-refractivity contribution in [1.82, 2.24) is 14.9 Å². The lowest BCUT2D eigenvalue weighted by Gasteiger charge is -2.18. The topological polar surface area (TPSA) is 67.2 Å². The van der Waals surface area contributed by atoms with E-state index in [-0.39, 0.29) is 11.8 Å². The molecule has 1 aliphatic heterocycles. The van der Waals surface area contributed by atoms with Crippen molar-refractivity contribution in [3.8, 4) is 0 Å². The van der Waals surface area contributed by atoms with E-state index in [2.05, 4.69) is 16.4 Å². The zero-order valence-electron chi connectivity index (χ0n) is 17.3. The predicted octanol–water partition coefficient (Wildman–Crippen LogP) is 3.22. The zero-order chi connectivity index (χ0) is 21.1. The third-order valence-corrected chi connectivity index (χ3v) is 5.71. The fourth-order valence-corrected chi connectivity index (χ4v) is 3.81. The van der Waals surface area contributed by atoms with Crippen molar-refractivity contribution in [1.29, 1.82) is 0 Å². The van der Waals surface area contributed by atoms with E-state index in [0.29, 0.717) is 19.5 Å². The van der Waals surface area contributed by atoms with Crippen LogP contribution in [0, 0.1) is 19.8 Å². The Morgan fingerprint density at radius 1 is 1.13 bits per heavy atom. The van der Waals surface area contributed by atoms with E-state index in [1.807, 2.05) is 61.0 Å². The predicted molar refractivity (Wildman–Crippen MR) is 116 cm³/mol. The van der Waals surface area contributed by atoms with Crippen LogP contribution in [0.5, 0.6) is 0 Å². The summed E-state index contributed by atoms with van der Waals surface area (Å²) in [6, 6.07) is 14.1. The van der Waals surface area contributed by atoms with Crippen LogP contribution in [-0.2, 0) is 22.7 Å². The van der Waals surface area contributed by atoms with E-state index in [9.17, 15) is 9.59 Å². The molecule has 1 atom stereocenters. The quantitative estimate of drug-likeness (QED) is 0.644. The van der Waals surface area contributed by atoms with Gasteiger partial charge in [0.1, 0.15) is 5.92 Å². The molecular weight excluding hydrogens is 376 g/mol. The average molecular weight is 402 g/mol. The molecule has 1 saturated heterocycles. The fourth-order valence-electron chi connectivity index (χ4n) is 3.81. The summed E-state index contributed by atoms with van der Waals surface area (Å²) in [5.74, 6) is -0.948. The van der Waals surface area contributed by atoms with Gasteiger partial charge in [0.05, 0.1) is 6.33 Å². The molecule has 0 radical (unpaired) electrons. The summed E-state index contributed by atoms with van der Waals surface area (Å²) in [5, 5.41) is 2.94. The van der Waals surface area contributed by atoms with Crippen LogP contribution in [-0.4, -0.2) is 27.9 Å². The smallest absolute Gasteiger partial charge is 0.239 e. The molecule has 0 aliphatic carbocycles. The summed E-state index contributed by atoms with van der Waals surface area (Å²) in [6.07, 6.45) is 5.99. The average Bonchev–Trinajstić information content (AvgIpc) is 3.38. The van der Waals surface area contributed by atoms with E-state index in [0.717, 1.165) is 28.9 Å². The molecule has 2 heterocycles. The standard InChI is InChI=1S/C24H26N4O2/c1-17-6-7-21(12-18(17)2)28-10-8-22(24(28)30)23(29)26-14-19-4-3-5-20(13-19)15-27-11-9-25-16-27/h3-7,9,11-13,16,22H,8,10,14-15H2,1-2H3,(H,26,29). The molecule has 1 unspecified atom stereocenters. The summed E-state index contributed by atoms with van der Waals surface area (Å²) in [4.78, 5) is 31.3. The van der Waals surface area contributed by atoms with Gasteiger partial charge in [0.15, 0.2) is 0 Å². The normalized spacial score (nSPS) is 16.1. The van der Waals surface area contributed by atoms with Gasteiger partial charge in [-0.2, -0.15) is 0 Å². The molecule has 154 valence electrons. The number of nitrogens with zero attached hydrogens (tertiary/aromatic N) is 3. The lowest BCUT2D eigenvalue weighted by atomic mass is 10.1. The van der Waals surface area contributed by atoms with Gasteiger partial charge in [0.25, 0.3) is 0 Å². The maximum absolute atomic E-state index is 12.8. The SMILES string of the molecule is Cc1ccc(N2CCC(C(=O)NCc3cccc(Cn4ccnc4)c3)C2=O)cc1C. The van der Waals surface area contributed by atoms with E-state index < -0.39 is 5.92 Å². The Bertz CT molecular complexity index is 1060. The molecule has 1 aliphatic rings. The highest BCUT2D eigenvalue weighted by Crippen LogP contribution is 2.27. The Hall–Kier alpha value is -3.41. The lowest BCUT2D eigenvalue weighted by molar-refractivity contribution is -0.132. The van der Waals surface area contributed by atoms with Crippen molar-refractivity contribution in [3.63, 3.8) is 0 Å². The summed E-state index contributed by atoms with van der Waals surface area (Å²) < 4.78 is 2.00. The highest BCUT2D eigenvalue weighted by Gasteiger charge is 2.37. The number of nitrogens with one attached hydrogen (secondary N) is 1. The Kier molecular flexibility index (Phi) is 5.65. The number of carbonyl (C=O) groups is 2. The third-order valence-electron chi connectivity index (χ3n) is 5.71. The molecule has 6 nitrogen and oxygen atoms in total. The van der Waals surface area contributed by atoms with Gasteiger partial charge in [-0.3, -0.25) is 9.59 Å². The maximum Gasteiger partial charge on any atom is 0.239 e. The van der Waals surface area contributed by atoms with Crippen molar-refractivity contribution >= 4 is 17.5 Å². The highest BCUT2D eigenvalue weighted by molar-refractivity contribution is 6.09. The van der Waals surface area contributed by atoms with Crippen LogP contribution in [0.2, 0.25) is 0 Å². The van der Waals surface area contributed by atoms with Gasteiger partial charge in [-0.05, 0) is 54.7 Å². The summed E-state index contributed by atoms with van der Waals surface area (Å²) in [7, 11) is 0. The number of benzene rings is 2. The minimum atomic E-state index is -0.624. The van der Waals surface area contributed by atoms with E-state index in [4.69, 9.17) is 0 Å². The van der Waals surface area contributed by atoms with E-state index in [1.54, 1.807) is 17.4 Å². The Labute approximate surface area is 176 Å². The van der Waals surface area contributed by atoms with Crippen LogP contribution in [0.1, 0.15) is 28.7 Å². The van der Waals surface area contributed by atoms with Crippen molar-refractivity contribution in [2.75, 3.05) is 11.4 Å². The molecule has 30 heavy (non-hydrogen) atoms. The molecule has 0 saturated carbocycles. The van der Waals surface area contributed by atoms with Crippen LogP contribution in [0.25, 0.3) is 0 Å². The first-order valence-electron chi connectivity index (χ1n) is 10.2. The molecule has 1 N–H and O–H groups in total. The molecule has 3 aromatic rings. The van der Waals surface area contributed by atoms with Gasteiger partial charge in [0.2, 0.25) is 11.8 Å². The lowest BCUT2D eigenvalue weighted by Crippen LogP contribution is -2.36. The zero-order valence-corrected chi connectivity index (χ0v) is 17.3. The third kappa shape index (κ3) is 4.27. The first-order chi connectivity index (χ1) is 14.5. The monoisotopic (exact) mass is 402 g/mol. The molecule has 2 amide bonds. The molecule has 2 aromatic carbocycles. The van der Waals surface area contributed by atoms with Crippen LogP contribution in [0.3, 0.4) is 0 Å². The largest absolute Gasteiger partial charge is 0.351 e. The summed E-state index contributed by atoms with van der Waals surface area (Å²) in [5.41, 5.74) is 5.35. The van der Waals surface area contributed by atoms with Crippen LogP contribution in [0.4, 0.5) is 5.69 Å².